The zero-order valence-electron chi connectivity index (χ0n) is 11.7. The van der Waals surface area contributed by atoms with Gasteiger partial charge in [-0.25, -0.2) is 13.8 Å². The number of hydrogen-bond donors (Lipinski definition) is 2. The SMILES string of the molecule is CCNc1nc(Nc2ccc(C)cc2C)c(F)cc1F. The molecule has 0 spiro atoms. The van der Waals surface area contributed by atoms with Gasteiger partial charge in [-0.15, -0.1) is 0 Å². The second kappa shape index (κ2) is 5.86. The van der Waals surface area contributed by atoms with Crippen molar-refractivity contribution < 1.29 is 8.78 Å². The highest BCUT2D eigenvalue weighted by molar-refractivity contribution is 5.62. The quantitative estimate of drug-likeness (QED) is 0.881. The Balaban J connectivity index is 2.35. The van der Waals surface area contributed by atoms with Crippen molar-refractivity contribution in [2.75, 3.05) is 17.2 Å². The fourth-order valence-corrected chi connectivity index (χ4v) is 1.93. The number of hydrogen-bond acceptors (Lipinski definition) is 3. The maximum atomic E-state index is 13.8. The van der Waals surface area contributed by atoms with Gasteiger partial charge in [-0.1, -0.05) is 17.7 Å². The molecule has 0 atom stereocenters. The summed E-state index contributed by atoms with van der Waals surface area (Å²) in [5.74, 6) is -1.37. The summed E-state index contributed by atoms with van der Waals surface area (Å²) in [5.41, 5.74) is 2.84. The van der Waals surface area contributed by atoms with Gasteiger partial charge in [0.25, 0.3) is 0 Å². The summed E-state index contributed by atoms with van der Waals surface area (Å²) in [6.45, 7) is 6.24. The van der Waals surface area contributed by atoms with Crippen LogP contribution in [0.4, 0.5) is 26.1 Å². The first-order valence-corrected chi connectivity index (χ1v) is 6.45. The Morgan fingerprint density at radius 2 is 1.75 bits per heavy atom. The molecule has 0 bridgehead atoms. The molecule has 1 heterocycles. The number of nitrogens with zero attached hydrogens (tertiary/aromatic N) is 1. The molecule has 0 unspecified atom stereocenters. The number of aromatic nitrogens is 1. The Hall–Kier alpha value is -2.17. The van der Waals surface area contributed by atoms with Crippen molar-refractivity contribution in [3.05, 3.63) is 47.0 Å². The van der Waals surface area contributed by atoms with Crippen molar-refractivity contribution in [2.45, 2.75) is 20.8 Å². The molecule has 0 aliphatic carbocycles. The van der Waals surface area contributed by atoms with E-state index < -0.39 is 11.6 Å². The molecule has 106 valence electrons. The number of aryl methyl sites for hydroxylation is 2. The van der Waals surface area contributed by atoms with E-state index in [1.54, 1.807) is 0 Å². The van der Waals surface area contributed by atoms with Crippen LogP contribution in [0.15, 0.2) is 24.3 Å². The second-order valence-electron chi connectivity index (χ2n) is 4.62. The van der Waals surface area contributed by atoms with Crippen LogP contribution in [0, 0.1) is 25.5 Å². The van der Waals surface area contributed by atoms with E-state index in [0.29, 0.717) is 6.54 Å². The predicted octanol–water partition coefficient (Wildman–Crippen LogP) is 4.15. The lowest BCUT2D eigenvalue weighted by atomic mass is 10.1. The first-order valence-electron chi connectivity index (χ1n) is 6.45. The van der Waals surface area contributed by atoms with Crippen LogP contribution in [0.5, 0.6) is 0 Å². The number of halogens is 2. The van der Waals surface area contributed by atoms with E-state index >= 15 is 0 Å². The molecule has 0 aliphatic rings. The maximum absolute atomic E-state index is 13.8. The normalized spacial score (nSPS) is 10.4. The van der Waals surface area contributed by atoms with Crippen LogP contribution in [0.2, 0.25) is 0 Å². The number of pyridine rings is 1. The van der Waals surface area contributed by atoms with E-state index in [4.69, 9.17) is 0 Å². The molecule has 2 aromatic rings. The monoisotopic (exact) mass is 277 g/mol. The van der Waals surface area contributed by atoms with Crippen LogP contribution < -0.4 is 10.6 Å². The predicted molar refractivity (Wildman–Crippen MR) is 77.5 cm³/mol. The van der Waals surface area contributed by atoms with Gasteiger partial charge in [0.1, 0.15) is 0 Å². The third-order valence-electron chi connectivity index (χ3n) is 2.91. The summed E-state index contributed by atoms with van der Waals surface area (Å²) >= 11 is 0. The Labute approximate surface area is 117 Å². The van der Waals surface area contributed by atoms with E-state index in [-0.39, 0.29) is 11.6 Å². The van der Waals surface area contributed by atoms with Crippen molar-refractivity contribution in [3.63, 3.8) is 0 Å². The number of rotatable bonds is 4. The number of nitrogens with one attached hydrogen (secondary N) is 2. The molecule has 0 fully saturated rings. The summed E-state index contributed by atoms with van der Waals surface area (Å²) in [4.78, 5) is 3.95. The molecular formula is C15H17F2N3. The molecule has 0 amide bonds. The van der Waals surface area contributed by atoms with Crippen LogP contribution in [0.1, 0.15) is 18.1 Å². The van der Waals surface area contributed by atoms with Crippen LogP contribution in [-0.2, 0) is 0 Å². The Morgan fingerprint density at radius 1 is 1.05 bits per heavy atom. The van der Waals surface area contributed by atoms with Gasteiger partial charge in [0.2, 0.25) is 0 Å². The van der Waals surface area contributed by atoms with E-state index in [1.807, 2.05) is 39.0 Å². The van der Waals surface area contributed by atoms with E-state index in [9.17, 15) is 8.78 Å². The molecule has 1 aromatic heterocycles. The molecule has 5 heteroatoms. The summed E-state index contributed by atoms with van der Waals surface area (Å²) in [7, 11) is 0. The van der Waals surface area contributed by atoms with Gasteiger partial charge < -0.3 is 10.6 Å². The van der Waals surface area contributed by atoms with E-state index in [1.165, 1.54) is 0 Å². The molecule has 20 heavy (non-hydrogen) atoms. The maximum Gasteiger partial charge on any atom is 0.169 e. The third kappa shape index (κ3) is 3.04. The van der Waals surface area contributed by atoms with Gasteiger partial charge in [0.05, 0.1) is 0 Å². The van der Waals surface area contributed by atoms with Crippen molar-refractivity contribution in [1.82, 2.24) is 4.98 Å². The Morgan fingerprint density at radius 3 is 2.40 bits per heavy atom. The fourth-order valence-electron chi connectivity index (χ4n) is 1.93. The van der Waals surface area contributed by atoms with Gasteiger partial charge in [-0.05, 0) is 32.4 Å². The highest BCUT2D eigenvalue weighted by atomic mass is 19.1. The number of anilines is 3. The number of benzene rings is 1. The molecule has 2 N–H and O–H groups in total. The molecule has 0 saturated heterocycles. The van der Waals surface area contributed by atoms with Crippen LogP contribution >= 0.6 is 0 Å². The molecule has 2 rings (SSSR count). The minimum atomic E-state index is -0.718. The van der Waals surface area contributed by atoms with Crippen molar-refractivity contribution in [3.8, 4) is 0 Å². The summed E-state index contributed by atoms with van der Waals surface area (Å²) in [5, 5.41) is 5.66. The molecule has 3 nitrogen and oxygen atoms in total. The van der Waals surface area contributed by atoms with Gasteiger partial charge in [-0.2, -0.15) is 0 Å². The van der Waals surface area contributed by atoms with Crippen molar-refractivity contribution in [2.24, 2.45) is 0 Å². The summed E-state index contributed by atoms with van der Waals surface area (Å²) in [6.07, 6.45) is 0. The third-order valence-corrected chi connectivity index (χ3v) is 2.91. The molecule has 0 saturated carbocycles. The zero-order valence-corrected chi connectivity index (χ0v) is 11.7. The summed E-state index contributed by atoms with van der Waals surface area (Å²) < 4.78 is 27.3. The zero-order chi connectivity index (χ0) is 14.7. The van der Waals surface area contributed by atoms with Crippen molar-refractivity contribution in [1.29, 1.82) is 0 Å². The lowest BCUT2D eigenvalue weighted by Crippen LogP contribution is -2.06. The fraction of sp³-hybridized carbons (Fsp3) is 0.267. The van der Waals surface area contributed by atoms with Crippen molar-refractivity contribution >= 4 is 17.3 Å². The Kier molecular flexibility index (Phi) is 4.17. The minimum absolute atomic E-state index is 0.00861. The molecular weight excluding hydrogens is 260 g/mol. The topological polar surface area (TPSA) is 37.0 Å². The molecule has 0 aliphatic heterocycles. The Bertz CT molecular complexity index is 627. The average Bonchev–Trinajstić information content (AvgIpc) is 2.38. The highest BCUT2D eigenvalue weighted by Crippen LogP contribution is 2.24. The van der Waals surface area contributed by atoms with Crippen LogP contribution in [0.25, 0.3) is 0 Å². The lowest BCUT2D eigenvalue weighted by molar-refractivity contribution is 0.579. The van der Waals surface area contributed by atoms with Gasteiger partial charge in [-0.3, -0.25) is 0 Å². The lowest BCUT2D eigenvalue weighted by Gasteiger charge is -2.12. The van der Waals surface area contributed by atoms with Gasteiger partial charge in [0, 0.05) is 18.3 Å². The largest absolute Gasteiger partial charge is 0.368 e. The minimum Gasteiger partial charge on any atom is -0.368 e. The first-order chi connectivity index (χ1) is 9.51. The first kappa shape index (κ1) is 14.2. The smallest absolute Gasteiger partial charge is 0.169 e. The molecule has 1 aromatic carbocycles. The molecule has 0 radical (unpaired) electrons. The highest BCUT2D eigenvalue weighted by Gasteiger charge is 2.12. The summed E-state index contributed by atoms with van der Waals surface area (Å²) in [6, 6.07) is 6.58. The van der Waals surface area contributed by atoms with Gasteiger partial charge >= 0.3 is 0 Å². The van der Waals surface area contributed by atoms with Crippen LogP contribution in [0.3, 0.4) is 0 Å². The standard InChI is InChI=1S/C15H17F2N3/c1-4-18-14-11(16)8-12(17)15(20-14)19-13-6-5-9(2)7-10(13)3/h5-8H,4H2,1-3H3,(H2,18,19,20). The average molecular weight is 277 g/mol. The van der Waals surface area contributed by atoms with Crippen LogP contribution in [-0.4, -0.2) is 11.5 Å². The van der Waals surface area contributed by atoms with Gasteiger partial charge in [0.15, 0.2) is 23.3 Å². The van der Waals surface area contributed by atoms with E-state index in [2.05, 4.69) is 15.6 Å². The van der Waals surface area contributed by atoms with E-state index in [0.717, 1.165) is 22.9 Å². The second-order valence-corrected chi connectivity index (χ2v) is 4.62.